The summed E-state index contributed by atoms with van der Waals surface area (Å²) in [7, 11) is 1.26. The van der Waals surface area contributed by atoms with Gasteiger partial charge in [-0.25, -0.2) is 9.18 Å². The van der Waals surface area contributed by atoms with E-state index in [1.807, 2.05) is 0 Å². The monoisotopic (exact) mass is 195 g/mol. The van der Waals surface area contributed by atoms with E-state index in [9.17, 15) is 9.18 Å². The maximum Gasteiger partial charge on any atom is 0.332 e. The minimum atomic E-state index is -0.535. The zero-order valence-corrected chi connectivity index (χ0v) is 7.66. The van der Waals surface area contributed by atoms with E-state index in [0.29, 0.717) is 5.56 Å². The fourth-order valence-corrected chi connectivity index (χ4v) is 0.912. The molecule has 0 fully saturated rings. The Balaban J connectivity index is 2.89. The van der Waals surface area contributed by atoms with Crippen LogP contribution in [0.4, 0.5) is 4.39 Å². The summed E-state index contributed by atoms with van der Waals surface area (Å²) in [6, 6.07) is 5.52. The number of rotatable bonds is 2. The van der Waals surface area contributed by atoms with Crippen LogP contribution < -0.4 is 5.73 Å². The van der Waals surface area contributed by atoms with Crippen LogP contribution in [0.1, 0.15) is 5.56 Å². The number of ether oxygens (including phenoxy) is 1. The molecule has 0 aromatic heterocycles. The molecule has 0 saturated heterocycles. The van der Waals surface area contributed by atoms with Gasteiger partial charge in [-0.1, -0.05) is 12.1 Å². The maximum atomic E-state index is 12.5. The van der Waals surface area contributed by atoms with Gasteiger partial charge in [-0.05, 0) is 17.7 Å². The van der Waals surface area contributed by atoms with Gasteiger partial charge < -0.3 is 10.5 Å². The standard InChI is InChI=1S/C10H10FNO2/c1-14-10(13)6-9(12)7-2-4-8(11)5-3-7/h2-6H,12H2,1H3/b9-6+. The molecule has 0 spiro atoms. The molecule has 0 bridgehead atoms. The van der Waals surface area contributed by atoms with E-state index in [0.717, 1.165) is 6.08 Å². The summed E-state index contributed by atoms with van der Waals surface area (Å²) in [6.45, 7) is 0. The van der Waals surface area contributed by atoms with Crippen LogP contribution in [0, 0.1) is 5.82 Å². The van der Waals surface area contributed by atoms with Crippen LogP contribution in [0.15, 0.2) is 30.3 Å². The number of hydrogen-bond donors (Lipinski definition) is 1. The molecule has 0 aliphatic heterocycles. The lowest BCUT2D eigenvalue weighted by atomic mass is 10.1. The molecule has 0 saturated carbocycles. The quantitative estimate of drug-likeness (QED) is 0.571. The van der Waals surface area contributed by atoms with Crippen molar-refractivity contribution in [2.75, 3.05) is 7.11 Å². The number of carbonyl (C=O) groups excluding carboxylic acids is 1. The van der Waals surface area contributed by atoms with Crippen molar-refractivity contribution in [3.8, 4) is 0 Å². The SMILES string of the molecule is COC(=O)/C=C(/N)c1ccc(F)cc1. The molecule has 1 aromatic rings. The van der Waals surface area contributed by atoms with Gasteiger partial charge in [0.2, 0.25) is 0 Å². The number of carbonyl (C=O) groups is 1. The van der Waals surface area contributed by atoms with Crippen LogP contribution in [-0.4, -0.2) is 13.1 Å². The van der Waals surface area contributed by atoms with Crippen molar-refractivity contribution in [3.63, 3.8) is 0 Å². The molecule has 1 aromatic carbocycles. The molecule has 3 nitrogen and oxygen atoms in total. The highest BCUT2D eigenvalue weighted by molar-refractivity contribution is 5.90. The average Bonchev–Trinajstić information content (AvgIpc) is 2.18. The van der Waals surface area contributed by atoms with Crippen molar-refractivity contribution in [1.82, 2.24) is 0 Å². The van der Waals surface area contributed by atoms with E-state index >= 15 is 0 Å². The highest BCUT2D eigenvalue weighted by atomic mass is 19.1. The second-order valence-corrected chi connectivity index (χ2v) is 2.63. The first-order valence-electron chi connectivity index (χ1n) is 3.94. The zero-order chi connectivity index (χ0) is 10.6. The normalized spacial score (nSPS) is 11.1. The smallest absolute Gasteiger partial charge is 0.332 e. The van der Waals surface area contributed by atoms with E-state index in [1.165, 1.54) is 31.4 Å². The maximum absolute atomic E-state index is 12.5. The second kappa shape index (κ2) is 4.41. The molecule has 0 amide bonds. The van der Waals surface area contributed by atoms with Gasteiger partial charge in [-0.15, -0.1) is 0 Å². The summed E-state index contributed by atoms with van der Waals surface area (Å²) >= 11 is 0. The topological polar surface area (TPSA) is 52.3 Å². The first-order chi connectivity index (χ1) is 6.63. The molecule has 0 atom stereocenters. The van der Waals surface area contributed by atoms with Gasteiger partial charge in [0.1, 0.15) is 5.82 Å². The third-order valence-electron chi connectivity index (χ3n) is 1.65. The average molecular weight is 195 g/mol. The number of hydrogen-bond acceptors (Lipinski definition) is 3. The molecular weight excluding hydrogens is 185 g/mol. The molecule has 2 N–H and O–H groups in total. The van der Waals surface area contributed by atoms with Gasteiger partial charge in [-0.2, -0.15) is 0 Å². The molecule has 0 unspecified atom stereocenters. The number of halogens is 1. The van der Waals surface area contributed by atoms with E-state index in [4.69, 9.17) is 5.73 Å². The molecule has 1 rings (SSSR count). The number of methoxy groups -OCH3 is 1. The molecular formula is C10H10FNO2. The van der Waals surface area contributed by atoms with Crippen LogP contribution in [0.5, 0.6) is 0 Å². The molecule has 0 radical (unpaired) electrons. The van der Waals surface area contributed by atoms with Crippen LogP contribution in [-0.2, 0) is 9.53 Å². The third-order valence-corrected chi connectivity index (χ3v) is 1.65. The Morgan fingerprint density at radius 1 is 1.43 bits per heavy atom. The molecule has 0 heterocycles. The summed E-state index contributed by atoms with van der Waals surface area (Å²) in [5.41, 5.74) is 6.39. The minimum absolute atomic E-state index is 0.247. The van der Waals surface area contributed by atoms with Crippen molar-refractivity contribution < 1.29 is 13.9 Å². The number of esters is 1. The highest BCUT2D eigenvalue weighted by Crippen LogP contribution is 2.09. The van der Waals surface area contributed by atoms with E-state index in [-0.39, 0.29) is 11.5 Å². The molecule has 4 heteroatoms. The number of benzene rings is 1. The minimum Gasteiger partial charge on any atom is -0.466 e. The fraction of sp³-hybridized carbons (Fsp3) is 0.100. The summed E-state index contributed by atoms with van der Waals surface area (Å²) in [5.74, 6) is -0.883. The van der Waals surface area contributed by atoms with Gasteiger partial charge in [0, 0.05) is 11.8 Å². The van der Waals surface area contributed by atoms with Crippen molar-refractivity contribution >= 4 is 11.7 Å². The van der Waals surface area contributed by atoms with Gasteiger partial charge in [0.05, 0.1) is 7.11 Å². The first kappa shape index (κ1) is 10.2. The highest BCUT2D eigenvalue weighted by Gasteiger charge is 2.00. The molecule has 0 aliphatic carbocycles. The Morgan fingerprint density at radius 3 is 2.50 bits per heavy atom. The summed E-state index contributed by atoms with van der Waals surface area (Å²) in [6.07, 6.45) is 1.15. The Labute approximate surface area is 81.0 Å². The third kappa shape index (κ3) is 2.58. The van der Waals surface area contributed by atoms with Crippen LogP contribution in [0.25, 0.3) is 5.70 Å². The van der Waals surface area contributed by atoms with Crippen LogP contribution in [0.3, 0.4) is 0 Å². The molecule has 74 valence electrons. The largest absolute Gasteiger partial charge is 0.466 e. The first-order valence-corrected chi connectivity index (χ1v) is 3.94. The van der Waals surface area contributed by atoms with Crippen molar-refractivity contribution in [1.29, 1.82) is 0 Å². The van der Waals surface area contributed by atoms with Gasteiger partial charge >= 0.3 is 5.97 Å². The van der Waals surface area contributed by atoms with Gasteiger partial charge in [0.15, 0.2) is 0 Å². The lowest BCUT2D eigenvalue weighted by Crippen LogP contribution is -2.02. The van der Waals surface area contributed by atoms with Gasteiger partial charge in [0.25, 0.3) is 0 Å². The summed E-state index contributed by atoms with van der Waals surface area (Å²) in [5, 5.41) is 0. The second-order valence-electron chi connectivity index (χ2n) is 2.63. The van der Waals surface area contributed by atoms with E-state index < -0.39 is 5.97 Å². The Bertz CT molecular complexity index is 357. The van der Waals surface area contributed by atoms with Crippen LogP contribution >= 0.6 is 0 Å². The Kier molecular flexibility index (Phi) is 3.23. The van der Waals surface area contributed by atoms with Crippen molar-refractivity contribution in [2.45, 2.75) is 0 Å². The van der Waals surface area contributed by atoms with Gasteiger partial charge in [-0.3, -0.25) is 0 Å². The van der Waals surface area contributed by atoms with Crippen molar-refractivity contribution in [2.24, 2.45) is 5.73 Å². The zero-order valence-electron chi connectivity index (χ0n) is 7.66. The lowest BCUT2D eigenvalue weighted by molar-refractivity contribution is -0.134. The predicted molar refractivity (Wildman–Crippen MR) is 50.6 cm³/mol. The fourth-order valence-electron chi connectivity index (χ4n) is 0.912. The van der Waals surface area contributed by atoms with E-state index in [2.05, 4.69) is 4.74 Å². The molecule has 14 heavy (non-hydrogen) atoms. The Morgan fingerprint density at radius 2 is 2.00 bits per heavy atom. The number of nitrogens with two attached hydrogens (primary N) is 1. The van der Waals surface area contributed by atoms with Crippen LogP contribution in [0.2, 0.25) is 0 Å². The predicted octanol–water partition coefficient (Wildman–Crippen LogP) is 1.30. The summed E-state index contributed by atoms with van der Waals surface area (Å²) in [4.78, 5) is 10.8. The lowest BCUT2D eigenvalue weighted by Gasteiger charge is -2.00. The van der Waals surface area contributed by atoms with Crippen molar-refractivity contribution in [3.05, 3.63) is 41.7 Å². The Hall–Kier alpha value is -1.84. The summed E-state index contributed by atoms with van der Waals surface area (Å²) < 4.78 is 16.9. The molecule has 0 aliphatic rings. The van der Waals surface area contributed by atoms with E-state index in [1.54, 1.807) is 0 Å².